The molecule has 4 heterocycles. The Hall–Kier alpha value is -2.25. The molecule has 138 valence electrons. The Morgan fingerprint density at radius 2 is 2.00 bits per heavy atom. The van der Waals surface area contributed by atoms with E-state index in [2.05, 4.69) is 22.0 Å². The van der Waals surface area contributed by atoms with E-state index in [1.54, 1.807) is 36.4 Å². The van der Waals surface area contributed by atoms with Crippen LogP contribution >= 0.6 is 0 Å². The first kappa shape index (κ1) is 17.2. The average Bonchev–Trinajstić information content (AvgIpc) is 3.17. The number of carbonyl (C=O) groups excluding carboxylic acids is 1. The molecule has 7 nitrogen and oxygen atoms in total. The van der Waals surface area contributed by atoms with Crippen LogP contribution in [0, 0.1) is 5.92 Å². The average molecular weight is 355 g/mol. The molecular formula is C19H25N5O2. The van der Waals surface area contributed by atoms with Crippen molar-refractivity contribution >= 4 is 5.91 Å². The number of aryl methyl sites for hydroxylation is 1. The Morgan fingerprint density at radius 1 is 1.23 bits per heavy atom. The van der Waals surface area contributed by atoms with Crippen LogP contribution in [0.5, 0.6) is 0 Å². The number of hydrogen-bond donors (Lipinski definition) is 0. The first-order valence-electron chi connectivity index (χ1n) is 9.02. The van der Waals surface area contributed by atoms with Crippen LogP contribution in [0.2, 0.25) is 0 Å². The summed E-state index contributed by atoms with van der Waals surface area (Å²) in [6.07, 6.45) is 6.33. The molecule has 0 aliphatic carbocycles. The molecule has 0 radical (unpaired) electrons. The van der Waals surface area contributed by atoms with Crippen molar-refractivity contribution in [2.75, 3.05) is 33.3 Å². The van der Waals surface area contributed by atoms with Crippen LogP contribution in [0.1, 0.15) is 22.5 Å². The van der Waals surface area contributed by atoms with Gasteiger partial charge in [-0.25, -0.2) is 0 Å². The van der Waals surface area contributed by atoms with Gasteiger partial charge in [0.05, 0.1) is 18.8 Å². The van der Waals surface area contributed by atoms with Gasteiger partial charge in [0.25, 0.3) is 5.91 Å². The Bertz CT molecular complexity index is 769. The number of hydrogen-bond acceptors (Lipinski definition) is 5. The van der Waals surface area contributed by atoms with E-state index in [9.17, 15) is 4.79 Å². The number of likely N-dealkylation sites (N-methyl/N-ethyl adjacent to an activating group) is 1. The van der Waals surface area contributed by atoms with E-state index in [0.29, 0.717) is 18.2 Å². The lowest BCUT2D eigenvalue weighted by Crippen LogP contribution is -2.68. The predicted molar refractivity (Wildman–Crippen MR) is 96.5 cm³/mol. The molecule has 2 aromatic heterocycles. The Balaban J connectivity index is 1.28. The fourth-order valence-corrected chi connectivity index (χ4v) is 4.20. The second-order valence-corrected chi connectivity index (χ2v) is 7.55. The van der Waals surface area contributed by atoms with E-state index < -0.39 is 0 Å². The number of rotatable bonds is 5. The molecule has 2 saturated heterocycles. The molecular weight excluding hydrogens is 330 g/mol. The minimum Gasteiger partial charge on any atom is -0.376 e. The zero-order valence-corrected chi connectivity index (χ0v) is 15.3. The van der Waals surface area contributed by atoms with Crippen molar-refractivity contribution < 1.29 is 9.53 Å². The van der Waals surface area contributed by atoms with Gasteiger partial charge in [-0.3, -0.25) is 19.4 Å². The predicted octanol–water partition coefficient (Wildman–Crippen LogP) is 1.18. The first-order chi connectivity index (χ1) is 12.6. The molecule has 0 aromatic carbocycles. The van der Waals surface area contributed by atoms with Crippen molar-refractivity contribution in [3.05, 3.63) is 48.0 Å². The number of pyridine rings is 1. The van der Waals surface area contributed by atoms with Gasteiger partial charge in [-0.15, -0.1) is 0 Å². The van der Waals surface area contributed by atoms with E-state index in [0.717, 1.165) is 38.2 Å². The number of ether oxygens (including phenoxy) is 1. The first-order valence-corrected chi connectivity index (χ1v) is 9.02. The molecule has 1 amide bonds. The highest BCUT2D eigenvalue weighted by Crippen LogP contribution is 2.40. The molecule has 2 aliphatic rings. The lowest BCUT2D eigenvalue weighted by Gasteiger charge is -2.51. The van der Waals surface area contributed by atoms with Gasteiger partial charge in [0.1, 0.15) is 5.69 Å². The van der Waals surface area contributed by atoms with E-state index >= 15 is 0 Å². The van der Waals surface area contributed by atoms with Gasteiger partial charge >= 0.3 is 0 Å². The number of amides is 1. The van der Waals surface area contributed by atoms with Gasteiger partial charge in [0.15, 0.2) is 0 Å². The van der Waals surface area contributed by atoms with E-state index in [1.165, 1.54) is 0 Å². The summed E-state index contributed by atoms with van der Waals surface area (Å²) in [5, 5.41) is 4.09. The highest BCUT2D eigenvalue weighted by molar-refractivity contribution is 5.93. The van der Waals surface area contributed by atoms with Gasteiger partial charge in [-0.1, -0.05) is 0 Å². The van der Waals surface area contributed by atoms with Crippen molar-refractivity contribution in [3.8, 4) is 0 Å². The van der Waals surface area contributed by atoms with Gasteiger partial charge in [0, 0.05) is 45.3 Å². The summed E-state index contributed by atoms with van der Waals surface area (Å²) in [5.74, 6) is 0.581. The third kappa shape index (κ3) is 3.12. The summed E-state index contributed by atoms with van der Waals surface area (Å²) >= 11 is 0. The summed E-state index contributed by atoms with van der Waals surface area (Å²) in [7, 11) is 3.97. The zero-order chi connectivity index (χ0) is 18.1. The van der Waals surface area contributed by atoms with Crippen LogP contribution in [-0.4, -0.2) is 69.3 Å². The van der Waals surface area contributed by atoms with Crippen molar-refractivity contribution in [2.24, 2.45) is 13.0 Å². The maximum atomic E-state index is 12.6. The number of carbonyl (C=O) groups is 1. The topological polar surface area (TPSA) is 63.5 Å². The summed E-state index contributed by atoms with van der Waals surface area (Å²) < 4.78 is 7.56. The molecule has 7 heteroatoms. The zero-order valence-electron chi connectivity index (χ0n) is 15.3. The molecule has 0 N–H and O–H groups in total. The van der Waals surface area contributed by atoms with E-state index in [-0.39, 0.29) is 11.4 Å². The molecule has 2 aliphatic heterocycles. The summed E-state index contributed by atoms with van der Waals surface area (Å²) in [4.78, 5) is 20.9. The Labute approximate surface area is 153 Å². The van der Waals surface area contributed by atoms with Gasteiger partial charge in [0.2, 0.25) is 0 Å². The van der Waals surface area contributed by atoms with Crippen LogP contribution in [0.25, 0.3) is 0 Å². The maximum absolute atomic E-state index is 12.6. The SMILES string of the molecule is CN1CC(COCc2ccncc2)CC12CN(C(=O)c1ccnn1C)C2. The van der Waals surface area contributed by atoms with Crippen molar-refractivity contribution in [2.45, 2.75) is 18.6 Å². The molecule has 2 aromatic rings. The van der Waals surface area contributed by atoms with Gasteiger partial charge in [-0.05, 0) is 43.1 Å². The quantitative estimate of drug-likeness (QED) is 0.806. The minimum absolute atomic E-state index is 0.0708. The highest BCUT2D eigenvalue weighted by Gasteiger charge is 2.53. The highest BCUT2D eigenvalue weighted by atomic mass is 16.5. The van der Waals surface area contributed by atoms with E-state index in [1.807, 2.05) is 17.0 Å². The fraction of sp³-hybridized carbons (Fsp3) is 0.526. The van der Waals surface area contributed by atoms with Crippen LogP contribution in [0.3, 0.4) is 0 Å². The van der Waals surface area contributed by atoms with Crippen LogP contribution in [0.4, 0.5) is 0 Å². The largest absolute Gasteiger partial charge is 0.376 e. The second kappa shape index (κ2) is 6.81. The molecule has 0 bridgehead atoms. The molecule has 0 saturated carbocycles. The number of likely N-dealkylation sites (tertiary alicyclic amines) is 2. The van der Waals surface area contributed by atoms with E-state index in [4.69, 9.17) is 4.74 Å². The molecule has 26 heavy (non-hydrogen) atoms. The van der Waals surface area contributed by atoms with Crippen LogP contribution in [0.15, 0.2) is 36.8 Å². The van der Waals surface area contributed by atoms with Crippen molar-refractivity contribution in [1.82, 2.24) is 24.6 Å². The summed E-state index contributed by atoms with van der Waals surface area (Å²) in [6.45, 7) is 3.97. The monoisotopic (exact) mass is 355 g/mol. The minimum atomic E-state index is 0.0708. The standard InChI is InChI=1S/C19H25N5O2/c1-22-10-16(12-26-11-15-3-6-20-7-4-15)9-19(22)13-24(14-19)18(25)17-5-8-21-23(17)2/h3-8,16H,9-14H2,1-2H3. The van der Waals surface area contributed by atoms with Gasteiger partial charge in [-0.2, -0.15) is 5.10 Å². The van der Waals surface area contributed by atoms with Gasteiger partial charge < -0.3 is 9.64 Å². The third-order valence-corrected chi connectivity index (χ3v) is 5.68. The van der Waals surface area contributed by atoms with Crippen LogP contribution < -0.4 is 0 Å². The lowest BCUT2D eigenvalue weighted by molar-refractivity contribution is -0.00870. The second-order valence-electron chi connectivity index (χ2n) is 7.55. The molecule has 1 atom stereocenters. The number of nitrogens with zero attached hydrogens (tertiary/aromatic N) is 5. The number of aromatic nitrogens is 3. The molecule has 1 unspecified atom stereocenters. The summed E-state index contributed by atoms with van der Waals surface area (Å²) in [5.41, 5.74) is 1.91. The van der Waals surface area contributed by atoms with Crippen molar-refractivity contribution in [3.63, 3.8) is 0 Å². The maximum Gasteiger partial charge on any atom is 0.272 e. The summed E-state index contributed by atoms with van der Waals surface area (Å²) in [6, 6.07) is 5.74. The smallest absolute Gasteiger partial charge is 0.272 e. The molecule has 2 fully saturated rings. The Morgan fingerprint density at radius 3 is 2.69 bits per heavy atom. The third-order valence-electron chi connectivity index (χ3n) is 5.68. The Kier molecular flexibility index (Phi) is 4.50. The van der Waals surface area contributed by atoms with Crippen LogP contribution in [-0.2, 0) is 18.4 Å². The van der Waals surface area contributed by atoms with Crippen molar-refractivity contribution in [1.29, 1.82) is 0 Å². The fourth-order valence-electron chi connectivity index (χ4n) is 4.20. The molecule has 1 spiro atoms. The lowest BCUT2D eigenvalue weighted by atomic mass is 9.84. The molecule has 4 rings (SSSR count). The normalized spacial score (nSPS) is 21.9.